The van der Waals surface area contributed by atoms with Crippen molar-refractivity contribution in [1.29, 1.82) is 0 Å². The molecular weight excluding hydrogens is 230 g/mol. The fourth-order valence-electron chi connectivity index (χ4n) is 1.21. The maximum atomic E-state index is 10.7. The molecule has 17 heavy (non-hydrogen) atoms. The number of hydrogen-bond donors (Lipinski definition) is 5. The number of aliphatic hydroxyl groups excluding tert-OH is 4. The molecule has 0 aromatic rings. The van der Waals surface area contributed by atoms with Crippen LogP contribution in [0, 0.1) is 0 Å². The number of hydrogen-bond acceptors (Lipinski definition) is 7. The lowest BCUT2D eigenvalue weighted by Crippen LogP contribution is -2.47. The van der Waals surface area contributed by atoms with Gasteiger partial charge in [0.15, 0.2) is 6.29 Å². The molecule has 0 spiro atoms. The van der Waals surface area contributed by atoms with Crippen LogP contribution in [0.2, 0.25) is 0 Å². The molecule has 0 saturated carbocycles. The fourth-order valence-corrected chi connectivity index (χ4v) is 1.21. The van der Waals surface area contributed by atoms with Gasteiger partial charge in [0.1, 0.15) is 24.4 Å². The van der Waals surface area contributed by atoms with Crippen molar-refractivity contribution in [1.82, 2.24) is 0 Å². The van der Waals surface area contributed by atoms with E-state index in [1.807, 2.05) is 0 Å². The number of nitrogens with two attached hydrogens (primary N) is 1. The van der Waals surface area contributed by atoms with Gasteiger partial charge in [-0.2, -0.15) is 0 Å². The van der Waals surface area contributed by atoms with Gasteiger partial charge < -0.3 is 35.7 Å². The summed E-state index contributed by atoms with van der Waals surface area (Å²) in [6.45, 7) is 0.0140. The van der Waals surface area contributed by atoms with Crippen molar-refractivity contribution in [3.63, 3.8) is 0 Å². The highest BCUT2D eigenvalue weighted by Gasteiger charge is 2.31. The van der Waals surface area contributed by atoms with Crippen molar-refractivity contribution >= 4 is 6.29 Å². The Morgan fingerprint density at radius 1 is 1.18 bits per heavy atom. The average Bonchev–Trinajstić information content (AvgIpc) is 2.36. The quantitative estimate of drug-likeness (QED) is 0.212. The summed E-state index contributed by atoms with van der Waals surface area (Å²) in [5.74, 6) is 0. The largest absolute Gasteiger partial charge is 0.394 e. The van der Waals surface area contributed by atoms with Crippen LogP contribution in [0.4, 0.5) is 0 Å². The number of rotatable bonds is 10. The smallest absolute Gasteiger partial charge is 0.151 e. The summed E-state index contributed by atoms with van der Waals surface area (Å²) >= 11 is 0. The van der Waals surface area contributed by atoms with E-state index >= 15 is 0 Å². The van der Waals surface area contributed by atoms with E-state index in [0.29, 0.717) is 19.3 Å². The van der Waals surface area contributed by atoms with E-state index in [1.54, 1.807) is 0 Å². The monoisotopic (exact) mass is 251 g/mol. The van der Waals surface area contributed by atoms with Crippen LogP contribution in [-0.2, 0) is 9.53 Å². The minimum atomic E-state index is -1.63. The van der Waals surface area contributed by atoms with Crippen molar-refractivity contribution in [3.8, 4) is 0 Å². The van der Waals surface area contributed by atoms with Crippen LogP contribution in [-0.4, -0.2) is 70.9 Å². The molecule has 0 aromatic carbocycles. The van der Waals surface area contributed by atoms with Crippen molar-refractivity contribution < 1.29 is 30.0 Å². The van der Waals surface area contributed by atoms with Crippen LogP contribution >= 0.6 is 0 Å². The van der Waals surface area contributed by atoms with E-state index < -0.39 is 31.0 Å². The summed E-state index contributed by atoms with van der Waals surface area (Å²) in [7, 11) is 0. The third kappa shape index (κ3) is 6.06. The molecule has 102 valence electrons. The first-order valence-electron chi connectivity index (χ1n) is 5.50. The van der Waals surface area contributed by atoms with Gasteiger partial charge in [-0.1, -0.05) is 0 Å². The standard InChI is InChI=1S/C10H21NO6/c11-3-1-2-4-17-8(6-13)10(16)9(15)7(14)5-12/h6-10,12,14-16H,1-5,11H2/t7-,8-,9-,10-/m1/s1. The molecule has 0 amide bonds. The molecule has 7 nitrogen and oxygen atoms in total. The van der Waals surface area contributed by atoms with Gasteiger partial charge in [-0.25, -0.2) is 0 Å². The zero-order valence-corrected chi connectivity index (χ0v) is 9.60. The summed E-state index contributed by atoms with van der Waals surface area (Å²) in [5.41, 5.74) is 5.27. The van der Waals surface area contributed by atoms with E-state index in [9.17, 15) is 15.0 Å². The molecule has 0 rings (SSSR count). The molecule has 0 bridgehead atoms. The van der Waals surface area contributed by atoms with Gasteiger partial charge in [0.2, 0.25) is 0 Å². The maximum absolute atomic E-state index is 10.7. The van der Waals surface area contributed by atoms with Gasteiger partial charge in [-0.3, -0.25) is 0 Å². The van der Waals surface area contributed by atoms with Gasteiger partial charge in [0, 0.05) is 6.61 Å². The molecule has 0 fully saturated rings. The number of unbranched alkanes of at least 4 members (excludes halogenated alkanes) is 1. The Kier molecular flexibility index (Phi) is 9.14. The lowest BCUT2D eigenvalue weighted by molar-refractivity contribution is -0.146. The number of carbonyl (C=O) groups excluding carboxylic acids is 1. The van der Waals surface area contributed by atoms with Gasteiger partial charge in [0.05, 0.1) is 6.61 Å². The lowest BCUT2D eigenvalue weighted by Gasteiger charge is -2.25. The average molecular weight is 251 g/mol. The first kappa shape index (κ1) is 16.4. The second kappa shape index (κ2) is 9.46. The van der Waals surface area contributed by atoms with Gasteiger partial charge in [-0.05, 0) is 19.4 Å². The predicted molar refractivity (Wildman–Crippen MR) is 59.2 cm³/mol. The highest BCUT2D eigenvalue weighted by molar-refractivity contribution is 5.57. The molecule has 0 aliphatic rings. The number of carbonyl (C=O) groups is 1. The molecular formula is C10H21NO6. The normalized spacial score (nSPS) is 18.4. The fraction of sp³-hybridized carbons (Fsp3) is 0.900. The molecule has 0 aromatic heterocycles. The van der Waals surface area contributed by atoms with E-state index in [4.69, 9.17) is 20.7 Å². The summed E-state index contributed by atoms with van der Waals surface area (Å²) in [4.78, 5) is 10.7. The lowest BCUT2D eigenvalue weighted by atomic mass is 10.0. The van der Waals surface area contributed by atoms with Gasteiger partial charge in [-0.15, -0.1) is 0 Å². The van der Waals surface area contributed by atoms with Crippen LogP contribution in [0.5, 0.6) is 0 Å². The van der Waals surface area contributed by atoms with E-state index in [0.717, 1.165) is 6.42 Å². The molecule has 0 unspecified atom stereocenters. The summed E-state index contributed by atoms with van der Waals surface area (Å²) in [5, 5.41) is 36.6. The summed E-state index contributed by atoms with van der Waals surface area (Å²) < 4.78 is 5.04. The van der Waals surface area contributed by atoms with Crippen LogP contribution < -0.4 is 5.73 Å². The van der Waals surface area contributed by atoms with E-state index in [1.165, 1.54) is 0 Å². The van der Waals surface area contributed by atoms with Crippen LogP contribution in [0.25, 0.3) is 0 Å². The Labute approximate surface area is 99.8 Å². The first-order valence-corrected chi connectivity index (χ1v) is 5.50. The van der Waals surface area contributed by atoms with Crippen molar-refractivity contribution in [2.45, 2.75) is 37.3 Å². The first-order chi connectivity index (χ1) is 8.08. The molecule has 0 radical (unpaired) electrons. The van der Waals surface area contributed by atoms with Gasteiger partial charge in [0.25, 0.3) is 0 Å². The molecule has 6 N–H and O–H groups in total. The Morgan fingerprint density at radius 3 is 2.29 bits per heavy atom. The second-order valence-electron chi connectivity index (χ2n) is 3.70. The molecule has 0 heterocycles. The number of aliphatic hydroxyl groups is 4. The van der Waals surface area contributed by atoms with E-state index in [-0.39, 0.29) is 6.61 Å². The zero-order valence-electron chi connectivity index (χ0n) is 9.60. The SMILES string of the molecule is NCCCCO[C@H](C=O)[C@@H](O)[C@H](O)[C@H](O)CO. The number of aldehydes is 1. The van der Waals surface area contributed by atoms with Crippen LogP contribution in [0.1, 0.15) is 12.8 Å². The Hall–Kier alpha value is -0.570. The Morgan fingerprint density at radius 2 is 1.82 bits per heavy atom. The zero-order chi connectivity index (χ0) is 13.3. The highest BCUT2D eigenvalue weighted by atomic mass is 16.5. The minimum Gasteiger partial charge on any atom is -0.394 e. The van der Waals surface area contributed by atoms with E-state index in [2.05, 4.69) is 0 Å². The van der Waals surface area contributed by atoms with Gasteiger partial charge >= 0.3 is 0 Å². The van der Waals surface area contributed by atoms with Crippen molar-refractivity contribution in [3.05, 3.63) is 0 Å². The number of ether oxygens (including phenoxy) is 1. The molecule has 0 saturated heterocycles. The Bertz CT molecular complexity index is 203. The molecule has 4 atom stereocenters. The predicted octanol–water partition coefficient (Wildman–Crippen LogP) is -2.62. The maximum Gasteiger partial charge on any atom is 0.151 e. The van der Waals surface area contributed by atoms with Crippen LogP contribution in [0.15, 0.2) is 0 Å². The van der Waals surface area contributed by atoms with Crippen molar-refractivity contribution in [2.75, 3.05) is 19.8 Å². The third-order valence-corrected chi connectivity index (χ3v) is 2.31. The topological polar surface area (TPSA) is 133 Å². The minimum absolute atomic E-state index is 0.222. The second-order valence-corrected chi connectivity index (χ2v) is 3.70. The molecule has 0 aliphatic carbocycles. The third-order valence-electron chi connectivity index (χ3n) is 2.31. The Balaban J connectivity index is 4.10. The molecule has 0 aliphatic heterocycles. The van der Waals surface area contributed by atoms with Crippen molar-refractivity contribution in [2.24, 2.45) is 5.73 Å². The summed E-state index contributed by atoms with van der Waals surface area (Å²) in [6.07, 6.45) is -4.25. The molecule has 7 heteroatoms. The summed E-state index contributed by atoms with van der Waals surface area (Å²) in [6, 6.07) is 0. The van der Waals surface area contributed by atoms with Crippen LogP contribution in [0.3, 0.4) is 0 Å². The highest BCUT2D eigenvalue weighted by Crippen LogP contribution is 2.07.